The van der Waals surface area contributed by atoms with Crippen molar-refractivity contribution in [3.63, 3.8) is 0 Å². The molecular formula is C20H25IN6S. The van der Waals surface area contributed by atoms with E-state index >= 15 is 0 Å². The summed E-state index contributed by atoms with van der Waals surface area (Å²) in [4.78, 5) is 18.0. The van der Waals surface area contributed by atoms with E-state index in [1.807, 2.05) is 6.20 Å². The van der Waals surface area contributed by atoms with E-state index in [9.17, 15) is 0 Å². The van der Waals surface area contributed by atoms with Crippen LogP contribution in [-0.4, -0.2) is 50.8 Å². The Kier molecular flexibility index (Phi) is 6.58. The van der Waals surface area contributed by atoms with Gasteiger partial charge < -0.3 is 10.2 Å². The summed E-state index contributed by atoms with van der Waals surface area (Å²) < 4.78 is 2.31. The zero-order chi connectivity index (χ0) is 19.3. The first-order valence-electron chi connectivity index (χ1n) is 9.81. The number of fused-ring (bicyclic) bond motifs is 1. The summed E-state index contributed by atoms with van der Waals surface area (Å²) in [6.45, 7) is 6.99. The third kappa shape index (κ3) is 4.72. The Labute approximate surface area is 183 Å². The van der Waals surface area contributed by atoms with E-state index in [1.54, 1.807) is 11.3 Å². The molecule has 0 spiro atoms. The van der Waals surface area contributed by atoms with Gasteiger partial charge in [-0.25, -0.2) is 8.10 Å². The van der Waals surface area contributed by atoms with Crippen molar-refractivity contribution in [3.05, 3.63) is 40.3 Å². The first kappa shape index (κ1) is 19.8. The monoisotopic (exact) mass is 508 g/mol. The highest BCUT2D eigenvalue weighted by molar-refractivity contribution is 14.1. The molecule has 3 aromatic heterocycles. The zero-order valence-corrected chi connectivity index (χ0v) is 19.0. The van der Waals surface area contributed by atoms with Crippen molar-refractivity contribution in [1.82, 2.24) is 18.1 Å². The van der Waals surface area contributed by atoms with Crippen LogP contribution in [0.4, 0.5) is 11.8 Å². The number of rotatable bonds is 7. The fourth-order valence-electron chi connectivity index (χ4n) is 3.37. The van der Waals surface area contributed by atoms with Crippen molar-refractivity contribution in [2.45, 2.75) is 26.2 Å². The molecule has 0 atom stereocenters. The number of aryl methyl sites for hydroxylation is 1. The quantitative estimate of drug-likeness (QED) is 0.382. The van der Waals surface area contributed by atoms with Crippen LogP contribution < -0.4 is 10.2 Å². The van der Waals surface area contributed by atoms with E-state index < -0.39 is 0 Å². The van der Waals surface area contributed by atoms with Crippen LogP contribution in [0.5, 0.6) is 0 Å². The summed E-state index contributed by atoms with van der Waals surface area (Å²) in [5.41, 5.74) is 2.02. The minimum atomic E-state index is 0.806. The third-order valence-electron chi connectivity index (χ3n) is 4.88. The molecule has 0 radical (unpaired) electrons. The van der Waals surface area contributed by atoms with Crippen LogP contribution in [0.25, 0.3) is 10.9 Å². The molecule has 1 saturated heterocycles. The van der Waals surface area contributed by atoms with E-state index in [2.05, 4.69) is 71.7 Å². The third-order valence-corrected chi connectivity index (χ3v) is 6.79. The van der Waals surface area contributed by atoms with Gasteiger partial charge in [0.05, 0.1) is 11.7 Å². The Hall–Kier alpha value is -1.52. The Bertz CT molecular complexity index is 908. The fourth-order valence-corrected chi connectivity index (χ4v) is 4.51. The molecule has 0 unspecified atom stereocenters. The number of halogens is 1. The first-order valence-corrected chi connectivity index (χ1v) is 11.7. The average molecular weight is 508 g/mol. The van der Waals surface area contributed by atoms with Gasteiger partial charge in [-0.3, -0.25) is 4.98 Å². The molecule has 0 bridgehead atoms. The van der Waals surface area contributed by atoms with Crippen LogP contribution in [0, 0.1) is 0 Å². The summed E-state index contributed by atoms with van der Waals surface area (Å²) in [6, 6.07) is 6.44. The van der Waals surface area contributed by atoms with Crippen LogP contribution in [0.2, 0.25) is 0 Å². The Morgan fingerprint density at radius 3 is 2.79 bits per heavy atom. The van der Waals surface area contributed by atoms with Crippen LogP contribution >= 0.6 is 34.2 Å². The maximum absolute atomic E-state index is 4.93. The van der Waals surface area contributed by atoms with E-state index in [-0.39, 0.29) is 0 Å². The highest BCUT2D eigenvalue weighted by Gasteiger charge is 2.19. The number of pyridine rings is 1. The minimum absolute atomic E-state index is 0.806. The summed E-state index contributed by atoms with van der Waals surface area (Å²) in [7, 11) is 0. The lowest BCUT2D eigenvalue weighted by atomic mass is 10.2. The number of anilines is 2. The topological polar surface area (TPSA) is 57.2 Å². The van der Waals surface area contributed by atoms with E-state index in [4.69, 9.17) is 9.97 Å². The number of hydrogen-bond acceptors (Lipinski definition) is 7. The second kappa shape index (κ2) is 9.32. The van der Waals surface area contributed by atoms with Gasteiger partial charge in [-0.05, 0) is 30.4 Å². The lowest BCUT2D eigenvalue weighted by molar-refractivity contribution is 0.456. The summed E-state index contributed by atoms with van der Waals surface area (Å²) in [5, 5.41) is 6.77. The molecular weight excluding hydrogens is 483 g/mol. The summed E-state index contributed by atoms with van der Waals surface area (Å²) in [5.74, 6) is 1.73. The maximum atomic E-state index is 4.93. The lowest BCUT2D eigenvalue weighted by Gasteiger charge is -2.31. The number of hydrogen-bond donors (Lipinski definition) is 1. The number of aromatic nitrogens is 3. The van der Waals surface area contributed by atoms with E-state index in [1.165, 1.54) is 4.88 Å². The van der Waals surface area contributed by atoms with Gasteiger partial charge in [-0.2, -0.15) is 4.98 Å². The number of nitrogens with one attached hydrogen (secondary N) is 1. The number of thiophene rings is 1. The molecule has 4 heterocycles. The van der Waals surface area contributed by atoms with Crippen LogP contribution in [0.1, 0.15) is 23.9 Å². The zero-order valence-electron chi connectivity index (χ0n) is 16.1. The second-order valence-electron chi connectivity index (χ2n) is 6.97. The molecule has 0 saturated carbocycles. The van der Waals surface area contributed by atoms with Crippen LogP contribution in [0.3, 0.4) is 0 Å². The smallest absolute Gasteiger partial charge is 0.228 e. The van der Waals surface area contributed by atoms with E-state index in [0.29, 0.717) is 0 Å². The second-order valence-corrected chi connectivity index (χ2v) is 9.36. The highest BCUT2D eigenvalue weighted by Crippen LogP contribution is 2.25. The van der Waals surface area contributed by atoms with Crippen molar-refractivity contribution in [3.8, 4) is 0 Å². The lowest BCUT2D eigenvalue weighted by Crippen LogP contribution is -2.43. The fraction of sp³-hybridized carbons (Fsp3) is 0.450. The molecule has 1 N–H and O–H groups in total. The van der Waals surface area contributed by atoms with Crippen molar-refractivity contribution in [2.75, 3.05) is 42.9 Å². The molecule has 0 aromatic carbocycles. The van der Waals surface area contributed by atoms with Crippen molar-refractivity contribution in [1.29, 1.82) is 0 Å². The SMILES string of the molecule is CCCc1cc2c(NCCc3cccs3)nc(N3CCN(I)CC3)nc2cn1. The summed E-state index contributed by atoms with van der Waals surface area (Å²) >= 11 is 4.19. The van der Waals surface area contributed by atoms with Gasteiger partial charge in [0.2, 0.25) is 5.95 Å². The minimum Gasteiger partial charge on any atom is -0.369 e. The van der Waals surface area contributed by atoms with Crippen molar-refractivity contribution in [2.24, 2.45) is 0 Å². The maximum Gasteiger partial charge on any atom is 0.228 e. The normalized spacial score (nSPS) is 15.3. The molecule has 6 nitrogen and oxygen atoms in total. The predicted molar refractivity (Wildman–Crippen MR) is 126 cm³/mol. The van der Waals surface area contributed by atoms with Crippen LogP contribution in [0.15, 0.2) is 29.8 Å². The Morgan fingerprint density at radius 2 is 2.04 bits per heavy atom. The molecule has 8 heteroatoms. The number of piperazine rings is 1. The standard InChI is InChI=1S/C20H25IN6S/c1-2-4-15-13-17-18(14-23-15)24-20(26-8-10-27(21)11-9-26)25-19(17)22-7-6-16-5-3-12-28-16/h3,5,12-14H,2,4,6-11H2,1H3,(H,22,24,25). The molecule has 1 aliphatic rings. The van der Waals surface area contributed by atoms with Gasteiger partial charge in [0.25, 0.3) is 0 Å². The van der Waals surface area contributed by atoms with Gasteiger partial charge in [-0.1, -0.05) is 19.4 Å². The Balaban J connectivity index is 1.62. The van der Waals surface area contributed by atoms with Crippen molar-refractivity contribution >= 4 is 56.9 Å². The number of nitrogens with zero attached hydrogens (tertiary/aromatic N) is 5. The highest BCUT2D eigenvalue weighted by atomic mass is 127. The molecule has 0 aliphatic carbocycles. The molecule has 1 aliphatic heterocycles. The Morgan fingerprint density at radius 1 is 1.18 bits per heavy atom. The van der Waals surface area contributed by atoms with Gasteiger partial charge in [0.1, 0.15) is 5.82 Å². The molecule has 0 amide bonds. The van der Waals surface area contributed by atoms with Crippen molar-refractivity contribution < 1.29 is 0 Å². The van der Waals surface area contributed by atoms with Crippen LogP contribution in [-0.2, 0) is 12.8 Å². The summed E-state index contributed by atoms with van der Waals surface area (Å²) in [6.07, 6.45) is 4.96. The van der Waals surface area contributed by atoms with Gasteiger partial charge in [-0.15, -0.1) is 11.3 Å². The molecule has 148 valence electrons. The van der Waals surface area contributed by atoms with Gasteiger partial charge >= 0.3 is 0 Å². The molecule has 4 rings (SSSR count). The molecule has 1 fully saturated rings. The molecule has 3 aromatic rings. The largest absolute Gasteiger partial charge is 0.369 e. The molecule has 28 heavy (non-hydrogen) atoms. The van der Waals surface area contributed by atoms with Gasteiger partial charge in [0.15, 0.2) is 0 Å². The van der Waals surface area contributed by atoms with E-state index in [0.717, 1.165) is 80.3 Å². The predicted octanol–water partition coefficient (Wildman–Crippen LogP) is 4.17. The first-order chi connectivity index (χ1) is 13.7. The van der Waals surface area contributed by atoms with Gasteiger partial charge in [0, 0.05) is 71.5 Å². The average Bonchev–Trinajstić information content (AvgIpc) is 3.22.